The van der Waals surface area contributed by atoms with Crippen molar-refractivity contribution < 1.29 is 64.0 Å². The molecule has 0 aliphatic carbocycles. The van der Waals surface area contributed by atoms with Gasteiger partial charge < -0.3 is 0 Å². The van der Waals surface area contributed by atoms with Gasteiger partial charge in [0.2, 0.25) is 0 Å². The number of hydrogen-bond donors (Lipinski definition) is 1. The van der Waals surface area contributed by atoms with Crippen molar-refractivity contribution in [1.29, 1.82) is 0 Å². The molecule has 0 unspecified atom stereocenters. The van der Waals surface area contributed by atoms with Crippen molar-refractivity contribution in [3.63, 3.8) is 0 Å². The summed E-state index contributed by atoms with van der Waals surface area (Å²) in [5.74, 6) is 0. The average Bonchev–Trinajstić information content (AvgIpc) is 0.811. The molecule has 28 valence electrons. The van der Waals surface area contributed by atoms with E-state index in [2.05, 4.69) is 0 Å². The third kappa shape index (κ3) is 23.7. The van der Waals surface area contributed by atoms with Crippen molar-refractivity contribution in [1.82, 2.24) is 0 Å². The first-order valence-electron chi connectivity index (χ1n) is 0.565. The van der Waals surface area contributed by atoms with Crippen molar-refractivity contribution in [3.8, 4) is 0 Å². The van der Waals surface area contributed by atoms with Gasteiger partial charge in [0.05, 0.1) is 0 Å². The summed E-state index contributed by atoms with van der Waals surface area (Å²) in [6.45, 7) is 0. The Kier molecular flexibility index (Phi) is 12.2. The molecule has 5 heteroatoms. The molecular weight excluding hydrogens is 166 g/mol. The molecule has 0 aromatic rings. The molecular formula is H2KO3Se-. The van der Waals surface area contributed by atoms with Crippen LogP contribution in [0.1, 0.15) is 0 Å². The van der Waals surface area contributed by atoms with E-state index >= 15 is 0 Å². The van der Waals surface area contributed by atoms with Gasteiger partial charge in [0.25, 0.3) is 0 Å². The van der Waals surface area contributed by atoms with Gasteiger partial charge in [-0.15, -0.1) is 0 Å². The van der Waals surface area contributed by atoms with Crippen LogP contribution in [0.25, 0.3) is 0 Å². The second kappa shape index (κ2) is 6.04. The van der Waals surface area contributed by atoms with Crippen LogP contribution < -0.4 is 59.8 Å². The summed E-state index contributed by atoms with van der Waals surface area (Å²) in [7, 11) is 0. The van der Waals surface area contributed by atoms with Crippen LogP contribution in [0.5, 0.6) is 0 Å². The number of rotatable bonds is 0. The van der Waals surface area contributed by atoms with Crippen LogP contribution in [0.3, 0.4) is 0 Å². The fourth-order valence-corrected chi connectivity index (χ4v) is 0. The molecule has 0 saturated carbocycles. The summed E-state index contributed by atoms with van der Waals surface area (Å²) in [5, 5.41) is 0. The Hall–Kier alpha value is 2.04. The third-order valence-corrected chi connectivity index (χ3v) is 0. The van der Waals surface area contributed by atoms with E-state index in [4.69, 9.17) is 12.6 Å². The van der Waals surface area contributed by atoms with E-state index in [1.165, 1.54) is 0 Å². The zero-order valence-corrected chi connectivity index (χ0v) is 7.71. The molecule has 0 aliphatic rings. The summed E-state index contributed by atoms with van der Waals surface area (Å²) in [6.07, 6.45) is 0. The normalized spacial score (nSPS) is 9.00. The van der Waals surface area contributed by atoms with Gasteiger partial charge in [-0.05, 0) is 0 Å². The zero-order valence-electron chi connectivity index (χ0n) is 2.71. The van der Waals surface area contributed by atoms with Crippen molar-refractivity contribution in [3.05, 3.63) is 0 Å². The van der Waals surface area contributed by atoms with Crippen molar-refractivity contribution >= 4 is 14.9 Å². The zero-order chi connectivity index (χ0) is 3.58. The number of hydrogen-bond acceptors (Lipinski definition) is 3. The molecule has 1 N–H and O–H groups in total. The van der Waals surface area contributed by atoms with Crippen molar-refractivity contribution in [2.24, 2.45) is 0 Å². The summed E-state index contributed by atoms with van der Waals surface area (Å²) >= 11 is -3.69. The van der Waals surface area contributed by atoms with Gasteiger partial charge in [-0.2, -0.15) is 0 Å². The van der Waals surface area contributed by atoms with Crippen LogP contribution in [0.4, 0.5) is 0 Å². The Morgan fingerprint density at radius 2 is 1.40 bits per heavy atom. The van der Waals surface area contributed by atoms with Gasteiger partial charge in [0, 0.05) is 0 Å². The van der Waals surface area contributed by atoms with E-state index in [0.717, 1.165) is 0 Å². The van der Waals surface area contributed by atoms with Crippen LogP contribution >= 0.6 is 0 Å². The van der Waals surface area contributed by atoms with Crippen molar-refractivity contribution in [2.75, 3.05) is 0 Å². The molecule has 0 saturated heterocycles. The van der Waals surface area contributed by atoms with Crippen LogP contribution in [0, 0.1) is 0 Å². The molecule has 0 atom stereocenters. The fraction of sp³-hybridized carbons (Fsp3) is 0. The van der Waals surface area contributed by atoms with E-state index in [9.17, 15) is 0 Å². The van der Waals surface area contributed by atoms with E-state index in [0.29, 0.717) is 0 Å². The summed E-state index contributed by atoms with van der Waals surface area (Å²) in [4.78, 5) is 0. The van der Waals surface area contributed by atoms with E-state index in [1.807, 2.05) is 0 Å². The fourth-order valence-electron chi connectivity index (χ4n) is 0. The predicted molar refractivity (Wildman–Crippen MR) is 9.37 cm³/mol. The van der Waals surface area contributed by atoms with Gasteiger partial charge in [0.1, 0.15) is 0 Å². The first-order chi connectivity index (χ1) is 1.73. The molecule has 0 aliphatic heterocycles. The van der Waals surface area contributed by atoms with E-state index < -0.39 is 14.9 Å². The summed E-state index contributed by atoms with van der Waals surface area (Å²) in [5.41, 5.74) is 0. The SMILES string of the molecule is [K+].[O-][SeH]([O-])O. The second-order valence-corrected chi connectivity index (χ2v) is 1.24. The van der Waals surface area contributed by atoms with Gasteiger partial charge in [-0.1, -0.05) is 0 Å². The summed E-state index contributed by atoms with van der Waals surface area (Å²) in [6, 6.07) is 0. The molecule has 0 rings (SSSR count). The molecule has 3 nitrogen and oxygen atoms in total. The molecule has 0 bridgehead atoms. The Morgan fingerprint density at radius 1 is 1.40 bits per heavy atom. The monoisotopic (exact) mass is 169 g/mol. The van der Waals surface area contributed by atoms with E-state index in [1.54, 1.807) is 0 Å². The van der Waals surface area contributed by atoms with Gasteiger partial charge in [-0.3, -0.25) is 0 Å². The van der Waals surface area contributed by atoms with Crippen LogP contribution in [0.15, 0.2) is 0 Å². The topological polar surface area (TPSA) is 66.3 Å². The molecule has 0 aromatic heterocycles. The van der Waals surface area contributed by atoms with Gasteiger partial charge in [0.15, 0.2) is 0 Å². The third-order valence-electron chi connectivity index (χ3n) is 0. The Bertz CT molecular complexity index is 11.6. The van der Waals surface area contributed by atoms with Crippen LogP contribution in [-0.2, 0) is 0 Å². The van der Waals surface area contributed by atoms with E-state index in [-0.39, 0.29) is 51.4 Å². The average molecular weight is 168 g/mol. The molecule has 0 fully saturated rings. The maximum atomic E-state index is 8.67. The molecule has 0 aromatic carbocycles. The van der Waals surface area contributed by atoms with Crippen LogP contribution in [-0.4, -0.2) is 19.1 Å². The van der Waals surface area contributed by atoms with Gasteiger partial charge in [-0.25, -0.2) is 0 Å². The maximum absolute atomic E-state index is 8.67. The first kappa shape index (κ1) is 10.1. The molecule has 0 amide bonds. The summed E-state index contributed by atoms with van der Waals surface area (Å²) < 4.78 is 24.4. The molecule has 5 heavy (non-hydrogen) atoms. The second-order valence-electron chi connectivity index (χ2n) is 0.238. The standard InChI is InChI=1S/K.H4O3Se/c;1-4(2)3/h;1-4H/q+1;/p-2. The predicted octanol–water partition coefficient (Wildman–Crippen LogP) is -6.58. The van der Waals surface area contributed by atoms with Crippen LogP contribution in [0.2, 0.25) is 0 Å². The minimum absolute atomic E-state index is 0. The minimum atomic E-state index is -3.69. The Morgan fingerprint density at radius 3 is 1.40 bits per heavy atom. The van der Waals surface area contributed by atoms with Gasteiger partial charge >= 0.3 is 78.8 Å². The Balaban J connectivity index is 0. The molecule has 0 heterocycles. The molecule has 0 radical (unpaired) electrons. The quantitative estimate of drug-likeness (QED) is 0.366. The Labute approximate surface area is 77.3 Å². The molecule has 0 spiro atoms. The first-order valence-corrected chi connectivity index (χ1v) is 2.94. The van der Waals surface area contributed by atoms with Crippen molar-refractivity contribution in [2.45, 2.75) is 0 Å².